The molecule has 0 aromatic heterocycles. The summed E-state index contributed by atoms with van der Waals surface area (Å²) in [6.45, 7) is 1.33. The van der Waals surface area contributed by atoms with Gasteiger partial charge in [-0.2, -0.15) is 8.42 Å². The SMILES string of the molecule is Cc1cc(C(=C2C=CC(=O)C(C(=O)[O-])=C2)c2ccccc2S(=O)(=O)O)cc(C(=O)[O-])c1[O-].[Na+].[Na+].[Na+]. The minimum absolute atomic E-state index is 0. The second kappa shape index (κ2) is 13.5. The Balaban J connectivity index is 0.00000385. The Morgan fingerprint density at radius 3 is 2.06 bits per heavy atom. The molecule has 35 heavy (non-hydrogen) atoms. The van der Waals surface area contributed by atoms with Gasteiger partial charge >= 0.3 is 88.7 Å². The quantitative estimate of drug-likeness (QED) is 0.227. The van der Waals surface area contributed by atoms with E-state index in [1.165, 1.54) is 37.3 Å². The number of benzene rings is 2. The van der Waals surface area contributed by atoms with E-state index in [4.69, 9.17) is 0 Å². The zero-order valence-electron chi connectivity index (χ0n) is 19.3. The smallest absolute Gasteiger partial charge is 0.872 e. The van der Waals surface area contributed by atoms with Gasteiger partial charge in [-0.05, 0) is 53.5 Å². The third kappa shape index (κ3) is 7.50. The number of aromatic carboxylic acids is 1. The van der Waals surface area contributed by atoms with Crippen molar-refractivity contribution in [3.63, 3.8) is 0 Å². The number of rotatable bonds is 5. The fourth-order valence-corrected chi connectivity index (χ4v) is 3.99. The van der Waals surface area contributed by atoms with Crippen LogP contribution >= 0.6 is 0 Å². The molecule has 0 saturated carbocycles. The molecule has 0 atom stereocenters. The van der Waals surface area contributed by atoms with E-state index in [-0.39, 0.29) is 117 Å². The van der Waals surface area contributed by atoms with Crippen LogP contribution in [0, 0.1) is 6.92 Å². The van der Waals surface area contributed by atoms with Crippen molar-refractivity contribution in [2.24, 2.45) is 0 Å². The van der Waals surface area contributed by atoms with Gasteiger partial charge in [0.05, 0.1) is 11.9 Å². The Bertz CT molecular complexity index is 1390. The van der Waals surface area contributed by atoms with E-state index in [0.717, 1.165) is 24.3 Å². The van der Waals surface area contributed by atoms with Crippen LogP contribution in [0.3, 0.4) is 0 Å². The maximum atomic E-state index is 12.2. The Morgan fingerprint density at radius 2 is 1.51 bits per heavy atom. The zero-order chi connectivity index (χ0) is 23.8. The van der Waals surface area contributed by atoms with Crippen LogP contribution < -0.4 is 104 Å². The van der Waals surface area contributed by atoms with Crippen molar-refractivity contribution >= 4 is 33.4 Å². The number of aliphatic carboxylic acids is 1. The second-order valence-electron chi connectivity index (χ2n) is 6.80. The normalized spacial score (nSPS) is 14.0. The number of carboxylic acids is 2. The van der Waals surface area contributed by atoms with E-state index < -0.39 is 49.6 Å². The number of aryl methyl sites for hydroxylation is 1. The van der Waals surface area contributed by atoms with Crippen LogP contribution in [0.5, 0.6) is 5.75 Å². The van der Waals surface area contributed by atoms with Gasteiger partial charge < -0.3 is 24.9 Å². The first-order chi connectivity index (χ1) is 14.9. The monoisotopic (exact) mass is 522 g/mol. The molecular formula is C22H13Na3O9S. The third-order valence-corrected chi connectivity index (χ3v) is 5.62. The summed E-state index contributed by atoms with van der Waals surface area (Å²) in [7, 11) is -4.78. The van der Waals surface area contributed by atoms with Gasteiger partial charge in [0, 0.05) is 11.1 Å². The van der Waals surface area contributed by atoms with E-state index in [1.807, 2.05) is 0 Å². The third-order valence-electron chi connectivity index (χ3n) is 4.71. The second-order valence-corrected chi connectivity index (χ2v) is 8.19. The van der Waals surface area contributed by atoms with Gasteiger partial charge in [-0.3, -0.25) is 9.35 Å². The molecule has 0 aliphatic heterocycles. The van der Waals surface area contributed by atoms with Crippen LogP contribution in [0.1, 0.15) is 27.0 Å². The molecule has 164 valence electrons. The number of hydrogen-bond donors (Lipinski definition) is 1. The molecule has 0 fully saturated rings. The predicted molar refractivity (Wildman–Crippen MR) is 104 cm³/mol. The number of hydrogen-bond acceptors (Lipinski definition) is 8. The van der Waals surface area contributed by atoms with Gasteiger partial charge in [-0.15, -0.1) is 0 Å². The fourth-order valence-electron chi connectivity index (χ4n) is 3.29. The molecule has 2 aromatic rings. The first kappa shape index (κ1) is 34.0. The average Bonchev–Trinajstić information content (AvgIpc) is 2.71. The summed E-state index contributed by atoms with van der Waals surface area (Å²) in [5.41, 5.74) is -1.60. The number of carbonyl (C=O) groups excluding carboxylic acids is 3. The molecule has 0 heterocycles. The molecule has 3 rings (SSSR count). The first-order valence-electron chi connectivity index (χ1n) is 8.91. The molecule has 1 aliphatic rings. The number of allylic oxidation sites excluding steroid dienone is 4. The Hall–Kier alpha value is -1.02. The summed E-state index contributed by atoms with van der Waals surface area (Å²) in [6.07, 6.45) is 3.06. The van der Waals surface area contributed by atoms with Crippen LogP contribution in [0.25, 0.3) is 5.57 Å². The van der Waals surface area contributed by atoms with Crippen LogP contribution in [-0.4, -0.2) is 30.7 Å². The Labute approximate surface area is 267 Å². The molecule has 13 heteroatoms. The summed E-state index contributed by atoms with van der Waals surface area (Å²) in [5, 5.41) is 35.0. The number of carboxylic acid groups (broad SMARTS) is 2. The van der Waals surface area contributed by atoms with Crippen molar-refractivity contribution in [2.75, 3.05) is 0 Å². The van der Waals surface area contributed by atoms with Crippen LogP contribution in [0.4, 0.5) is 0 Å². The zero-order valence-corrected chi connectivity index (χ0v) is 26.1. The van der Waals surface area contributed by atoms with Crippen molar-refractivity contribution in [1.29, 1.82) is 0 Å². The molecule has 2 aromatic carbocycles. The summed E-state index contributed by atoms with van der Waals surface area (Å²) < 4.78 is 33.7. The van der Waals surface area contributed by atoms with Crippen molar-refractivity contribution in [2.45, 2.75) is 11.8 Å². The van der Waals surface area contributed by atoms with Crippen LogP contribution in [-0.2, 0) is 19.7 Å². The van der Waals surface area contributed by atoms with Gasteiger partial charge in [0.25, 0.3) is 10.1 Å². The molecule has 0 unspecified atom stereocenters. The van der Waals surface area contributed by atoms with Gasteiger partial charge in [0.2, 0.25) is 0 Å². The van der Waals surface area contributed by atoms with Gasteiger partial charge in [-0.1, -0.05) is 41.7 Å². The number of ketones is 1. The topological polar surface area (TPSA) is 175 Å². The standard InChI is InChI=1S/C22H16O9S.3Na/c1-11-8-13(10-16(20(11)24)22(27)28)19(12-6-7-17(23)15(9-12)21(25)26)14-4-2-3-5-18(14)32(29,30)31;;;/h2-10,24H,1H3,(H,25,26)(H,27,28)(H,29,30,31);;;/q;3*+1/p-3. The molecule has 1 N–H and O–H groups in total. The van der Waals surface area contributed by atoms with Crippen LogP contribution in [0.15, 0.2) is 70.7 Å². The average molecular weight is 522 g/mol. The van der Waals surface area contributed by atoms with E-state index in [2.05, 4.69) is 0 Å². The summed E-state index contributed by atoms with van der Waals surface area (Å²) in [5.74, 6) is -5.23. The largest absolute Gasteiger partial charge is 1.00 e. The summed E-state index contributed by atoms with van der Waals surface area (Å²) in [6, 6.07) is 7.36. The minimum atomic E-state index is -4.78. The maximum Gasteiger partial charge on any atom is 1.00 e. The molecular weight excluding hydrogens is 509 g/mol. The van der Waals surface area contributed by atoms with Gasteiger partial charge in [-0.25, -0.2) is 0 Å². The fraction of sp³-hybridized carbons (Fsp3) is 0.0455. The molecule has 9 nitrogen and oxygen atoms in total. The van der Waals surface area contributed by atoms with E-state index in [9.17, 15) is 42.7 Å². The Morgan fingerprint density at radius 1 is 0.914 bits per heavy atom. The van der Waals surface area contributed by atoms with Gasteiger partial charge in [0.1, 0.15) is 4.90 Å². The van der Waals surface area contributed by atoms with Crippen molar-refractivity contribution in [1.82, 2.24) is 0 Å². The van der Waals surface area contributed by atoms with Crippen molar-refractivity contribution in [3.05, 3.63) is 88.0 Å². The molecule has 0 spiro atoms. The van der Waals surface area contributed by atoms with E-state index in [0.29, 0.717) is 0 Å². The number of carbonyl (C=O) groups is 3. The predicted octanol–water partition coefficient (Wildman–Crippen LogP) is -9.69. The molecule has 1 aliphatic carbocycles. The summed E-state index contributed by atoms with van der Waals surface area (Å²) in [4.78, 5) is 34.1. The Kier molecular flexibility index (Phi) is 13.1. The molecule has 0 radical (unpaired) electrons. The minimum Gasteiger partial charge on any atom is -0.872 e. The molecule has 0 saturated heterocycles. The first-order valence-corrected chi connectivity index (χ1v) is 10.4. The van der Waals surface area contributed by atoms with Crippen LogP contribution in [0.2, 0.25) is 0 Å². The van der Waals surface area contributed by atoms with Crippen molar-refractivity contribution < 1.29 is 131 Å². The van der Waals surface area contributed by atoms with Crippen molar-refractivity contribution in [3.8, 4) is 5.75 Å². The van der Waals surface area contributed by atoms with Gasteiger partial charge in [0.15, 0.2) is 5.78 Å². The van der Waals surface area contributed by atoms with E-state index in [1.54, 1.807) is 0 Å². The summed E-state index contributed by atoms with van der Waals surface area (Å²) >= 11 is 0. The maximum absolute atomic E-state index is 12.2. The van der Waals surface area contributed by atoms with E-state index >= 15 is 0 Å². The molecule has 0 amide bonds. The molecule has 0 bridgehead atoms.